The molecule has 0 fully saturated rings. The van der Waals surface area contributed by atoms with Gasteiger partial charge in [0.2, 0.25) is 0 Å². The molecule has 0 heterocycles. The van der Waals surface area contributed by atoms with E-state index in [0.29, 0.717) is 5.92 Å². The highest BCUT2D eigenvalue weighted by atomic mass is 16.3. The van der Waals surface area contributed by atoms with Gasteiger partial charge in [0.05, 0.1) is 6.61 Å². The van der Waals surface area contributed by atoms with E-state index in [4.69, 9.17) is 5.11 Å². The van der Waals surface area contributed by atoms with Crippen LogP contribution in [0.5, 0.6) is 0 Å². The Bertz CT molecular complexity index is 114. The molecule has 0 aromatic heterocycles. The molecule has 2 N–H and O–H groups in total. The highest BCUT2D eigenvalue weighted by Gasteiger charge is 2.20. The lowest BCUT2D eigenvalue weighted by molar-refractivity contribution is 0.161. The van der Waals surface area contributed by atoms with Gasteiger partial charge >= 0.3 is 0 Å². The first-order valence-electron chi connectivity index (χ1n) is 4.90. The third kappa shape index (κ3) is 4.73. The molecule has 0 aromatic rings. The Hall–Kier alpha value is -0.0800. The molecule has 0 saturated carbocycles. The Morgan fingerprint density at radius 3 is 2.33 bits per heavy atom. The predicted molar refractivity (Wildman–Crippen MR) is 53.2 cm³/mol. The third-order valence-corrected chi connectivity index (χ3v) is 2.09. The van der Waals surface area contributed by atoms with E-state index >= 15 is 0 Å². The molecule has 2 nitrogen and oxygen atoms in total. The fourth-order valence-corrected chi connectivity index (χ4v) is 1.23. The molecule has 0 radical (unpaired) electrons. The van der Waals surface area contributed by atoms with Gasteiger partial charge in [0, 0.05) is 5.54 Å². The second-order valence-electron chi connectivity index (χ2n) is 4.24. The van der Waals surface area contributed by atoms with Crippen molar-refractivity contribution >= 4 is 0 Å². The molecule has 2 heteroatoms. The van der Waals surface area contributed by atoms with Crippen molar-refractivity contribution in [2.75, 3.05) is 13.2 Å². The van der Waals surface area contributed by atoms with Gasteiger partial charge in [-0.1, -0.05) is 27.2 Å². The minimum atomic E-state index is -0.0704. The molecule has 1 atom stereocenters. The monoisotopic (exact) mass is 173 g/mol. The number of hydrogen-bond acceptors (Lipinski definition) is 2. The average Bonchev–Trinajstić information content (AvgIpc) is 2.02. The first-order chi connectivity index (χ1) is 5.54. The fourth-order valence-electron chi connectivity index (χ4n) is 1.23. The van der Waals surface area contributed by atoms with E-state index in [0.717, 1.165) is 19.4 Å². The maximum atomic E-state index is 9.17. The van der Waals surface area contributed by atoms with Gasteiger partial charge in [-0.15, -0.1) is 0 Å². The minimum absolute atomic E-state index is 0.0704. The summed E-state index contributed by atoms with van der Waals surface area (Å²) in [6.45, 7) is 9.79. The smallest absolute Gasteiger partial charge is 0.0610 e. The topological polar surface area (TPSA) is 32.3 Å². The summed E-state index contributed by atoms with van der Waals surface area (Å²) in [7, 11) is 0. The molecule has 1 unspecified atom stereocenters. The zero-order valence-electron chi connectivity index (χ0n) is 8.85. The van der Waals surface area contributed by atoms with Gasteiger partial charge in [-0.2, -0.15) is 0 Å². The van der Waals surface area contributed by atoms with Crippen LogP contribution in [0.25, 0.3) is 0 Å². The van der Waals surface area contributed by atoms with E-state index in [1.165, 1.54) is 0 Å². The van der Waals surface area contributed by atoms with Crippen molar-refractivity contribution in [3.05, 3.63) is 0 Å². The normalized spacial score (nSPS) is 16.5. The molecular weight excluding hydrogens is 150 g/mol. The van der Waals surface area contributed by atoms with Crippen molar-refractivity contribution in [1.82, 2.24) is 5.32 Å². The second kappa shape index (κ2) is 5.55. The van der Waals surface area contributed by atoms with Crippen LogP contribution in [0.1, 0.15) is 40.5 Å². The van der Waals surface area contributed by atoms with E-state index < -0.39 is 0 Å². The Balaban J connectivity index is 3.78. The molecule has 0 bridgehead atoms. The highest BCUT2D eigenvalue weighted by Crippen LogP contribution is 2.11. The molecule has 0 aliphatic carbocycles. The van der Waals surface area contributed by atoms with Gasteiger partial charge in [0.25, 0.3) is 0 Å². The Morgan fingerprint density at radius 2 is 2.00 bits per heavy atom. The minimum Gasteiger partial charge on any atom is -0.394 e. The van der Waals surface area contributed by atoms with Crippen molar-refractivity contribution in [1.29, 1.82) is 0 Å². The lowest BCUT2D eigenvalue weighted by Gasteiger charge is -2.29. The van der Waals surface area contributed by atoms with E-state index in [1.54, 1.807) is 0 Å². The maximum Gasteiger partial charge on any atom is 0.0610 e. The molecule has 12 heavy (non-hydrogen) atoms. The van der Waals surface area contributed by atoms with Crippen LogP contribution in [0.3, 0.4) is 0 Å². The summed E-state index contributed by atoms with van der Waals surface area (Å²) < 4.78 is 0. The van der Waals surface area contributed by atoms with Crippen LogP contribution in [0.2, 0.25) is 0 Å². The van der Waals surface area contributed by atoms with Gasteiger partial charge in [0.15, 0.2) is 0 Å². The number of rotatable bonds is 6. The number of aliphatic hydroxyl groups excluding tert-OH is 1. The van der Waals surface area contributed by atoms with Crippen molar-refractivity contribution in [2.45, 2.75) is 46.1 Å². The number of nitrogens with one attached hydrogen (secondary N) is 1. The average molecular weight is 173 g/mol. The lowest BCUT2D eigenvalue weighted by atomic mass is 9.96. The van der Waals surface area contributed by atoms with Crippen LogP contribution in [0, 0.1) is 5.92 Å². The van der Waals surface area contributed by atoms with Crippen LogP contribution in [-0.4, -0.2) is 23.8 Å². The van der Waals surface area contributed by atoms with Crippen LogP contribution in [0.4, 0.5) is 0 Å². The Labute approximate surface area is 76.4 Å². The van der Waals surface area contributed by atoms with Crippen LogP contribution in [-0.2, 0) is 0 Å². The molecular formula is C10H23NO. The molecule has 0 rings (SSSR count). The standard InChI is InChI=1S/C10H23NO/c1-5-6-10(4,8-12)11-7-9(2)3/h9,11-12H,5-8H2,1-4H3. The van der Waals surface area contributed by atoms with Crippen molar-refractivity contribution in [3.8, 4) is 0 Å². The van der Waals surface area contributed by atoms with E-state index in [2.05, 4.69) is 33.0 Å². The van der Waals surface area contributed by atoms with Crippen molar-refractivity contribution < 1.29 is 5.11 Å². The van der Waals surface area contributed by atoms with Crippen LogP contribution >= 0.6 is 0 Å². The Kier molecular flexibility index (Phi) is 5.51. The molecule has 0 aliphatic rings. The summed E-state index contributed by atoms with van der Waals surface area (Å²) in [5.41, 5.74) is -0.0704. The quantitative estimate of drug-likeness (QED) is 0.642. The SMILES string of the molecule is CCCC(C)(CO)NCC(C)C. The molecule has 0 aromatic carbocycles. The van der Waals surface area contributed by atoms with Crippen molar-refractivity contribution in [2.24, 2.45) is 5.92 Å². The highest BCUT2D eigenvalue weighted by molar-refractivity contribution is 4.81. The molecule has 74 valence electrons. The van der Waals surface area contributed by atoms with Crippen LogP contribution < -0.4 is 5.32 Å². The summed E-state index contributed by atoms with van der Waals surface area (Å²) in [6, 6.07) is 0. The predicted octanol–water partition coefficient (Wildman–Crippen LogP) is 1.78. The van der Waals surface area contributed by atoms with Gasteiger partial charge in [0.1, 0.15) is 0 Å². The summed E-state index contributed by atoms with van der Waals surface area (Å²) in [5, 5.41) is 12.6. The number of hydrogen-bond donors (Lipinski definition) is 2. The maximum absolute atomic E-state index is 9.17. The first kappa shape index (κ1) is 11.9. The van der Waals surface area contributed by atoms with Crippen LogP contribution in [0.15, 0.2) is 0 Å². The van der Waals surface area contributed by atoms with Crippen molar-refractivity contribution in [3.63, 3.8) is 0 Å². The third-order valence-electron chi connectivity index (χ3n) is 2.09. The fraction of sp³-hybridized carbons (Fsp3) is 1.00. The molecule has 0 aliphatic heterocycles. The summed E-state index contributed by atoms with van der Waals surface area (Å²) in [4.78, 5) is 0. The Morgan fingerprint density at radius 1 is 1.42 bits per heavy atom. The summed E-state index contributed by atoms with van der Waals surface area (Å²) in [6.07, 6.45) is 2.15. The van der Waals surface area contributed by atoms with Gasteiger partial charge in [-0.05, 0) is 25.8 Å². The molecule has 0 amide bonds. The van der Waals surface area contributed by atoms with E-state index in [9.17, 15) is 0 Å². The number of aliphatic hydroxyl groups is 1. The molecule has 0 saturated heterocycles. The summed E-state index contributed by atoms with van der Waals surface area (Å²) in [5.74, 6) is 0.646. The summed E-state index contributed by atoms with van der Waals surface area (Å²) >= 11 is 0. The molecule has 0 spiro atoms. The van der Waals surface area contributed by atoms with Gasteiger partial charge in [-0.25, -0.2) is 0 Å². The largest absolute Gasteiger partial charge is 0.394 e. The van der Waals surface area contributed by atoms with E-state index in [-0.39, 0.29) is 12.1 Å². The first-order valence-corrected chi connectivity index (χ1v) is 4.90. The van der Waals surface area contributed by atoms with E-state index in [1.807, 2.05) is 0 Å². The van der Waals surface area contributed by atoms with Gasteiger partial charge in [-0.3, -0.25) is 0 Å². The second-order valence-corrected chi connectivity index (χ2v) is 4.24. The lowest BCUT2D eigenvalue weighted by Crippen LogP contribution is -2.47. The zero-order valence-corrected chi connectivity index (χ0v) is 8.85. The van der Waals surface area contributed by atoms with Gasteiger partial charge < -0.3 is 10.4 Å². The zero-order chi connectivity index (χ0) is 9.61.